The molecule has 2 heteroatoms. The third-order valence-electron chi connectivity index (χ3n) is 4.21. The first-order valence-corrected chi connectivity index (χ1v) is 9.35. The molecule has 0 radical (unpaired) electrons. The van der Waals surface area contributed by atoms with Gasteiger partial charge in [-0.15, -0.1) is 11.8 Å². The lowest BCUT2D eigenvalue weighted by atomic mass is 9.87. The van der Waals surface area contributed by atoms with Gasteiger partial charge in [0.25, 0.3) is 0 Å². The normalized spacial score (nSPS) is 18.7. The molecule has 1 aromatic rings. The van der Waals surface area contributed by atoms with E-state index in [1.807, 2.05) is 11.8 Å². The van der Waals surface area contributed by atoms with Gasteiger partial charge in [-0.25, -0.2) is 0 Å². The van der Waals surface area contributed by atoms with Crippen molar-refractivity contribution in [2.24, 2.45) is 5.41 Å². The van der Waals surface area contributed by atoms with E-state index in [2.05, 4.69) is 61.0 Å². The minimum absolute atomic E-state index is 0.256. The van der Waals surface area contributed by atoms with Crippen LogP contribution in [-0.2, 0) is 5.41 Å². The monoisotopic (exact) mass is 340 g/mol. The molecule has 0 bridgehead atoms. The van der Waals surface area contributed by atoms with E-state index in [1.54, 1.807) is 0 Å². The van der Waals surface area contributed by atoms with Crippen molar-refractivity contribution in [2.45, 2.75) is 56.8 Å². The van der Waals surface area contributed by atoms with Crippen LogP contribution in [0.1, 0.15) is 52.0 Å². The molecule has 0 saturated heterocycles. The fraction of sp³-hybridized carbons (Fsp3) is 0.647. The van der Waals surface area contributed by atoms with Gasteiger partial charge in [0.2, 0.25) is 0 Å². The Morgan fingerprint density at radius 2 is 1.68 bits per heavy atom. The van der Waals surface area contributed by atoms with E-state index in [9.17, 15) is 0 Å². The van der Waals surface area contributed by atoms with E-state index in [0.29, 0.717) is 5.41 Å². The SMILES string of the molecule is CC(C)(C)c1ccc(SCC2(CBr)CCCC2)cc1. The second kappa shape index (κ2) is 6.22. The molecule has 1 aliphatic carbocycles. The van der Waals surface area contributed by atoms with Crippen LogP contribution in [0.2, 0.25) is 0 Å². The predicted octanol–water partition coefficient (Wildman–Crippen LogP) is 6.03. The molecule has 1 aliphatic rings. The molecule has 0 N–H and O–H groups in total. The van der Waals surface area contributed by atoms with E-state index in [4.69, 9.17) is 0 Å². The third-order valence-corrected chi connectivity index (χ3v) is 6.76. The van der Waals surface area contributed by atoms with Crippen molar-refractivity contribution in [3.63, 3.8) is 0 Å². The highest BCUT2D eigenvalue weighted by atomic mass is 79.9. The zero-order valence-corrected chi connectivity index (χ0v) is 14.7. The second-order valence-corrected chi connectivity index (χ2v) is 8.51. The number of thioether (sulfide) groups is 1. The molecule has 0 nitrogen and oxygen atoms in total. The molecule has 0 unspecified atom stereocenters. The number of halogens is 1. The Morgan fingerprint density at radius 1 is 1.11 bits per heavy atom. The Bertz CT molecular complexity index is 396. The summed E-state index contributed by atoms with van der Waals surface area (Å²) in [5.74, 6) is 1.26. The number of hydrogen-bond donors (Lipinski definition) is 0. The highest BCUT2D eigenvalue weighted by molar-refractivity contribution is 9.09. The van der Waals surface area contributed by atoms with Gasteiger partial charge in [0, 0.05) is 16.0 Å². The largest absolute Gasteiger partial charge is 0.126 e. The highest BCUT2D eigenvalue weighted by Gasteiger charge is 2.32. The fourth-order valence-corrected chi connectivity index (χ4v) is 4.94. The molecule has 0 spiro atoms. The van der Waals surface area contributed by atoms with Crippen LogP contribution in [0.5, 0.6) is 0 Å². The molecule has 106 valence electrons. The molecule has 0 aliphatic heterocycles. The van der Waals surface area contributed by atoms with Gasteiger partial charge in [-0.05, 0) is 41.4 Å². The molecule has 1 fully saturated rings. The minimum atomic E-state index is 0.256. The maximum Gasteiger partial charge on any atom is 0.00959 e. The third kappa shape index (κ3) is 4.01. The molecule has 1 aromatic carbocycles. The first-order chi connectivity index (χ1) is 8.95. The summed E-state index contributed by atoms with van der Waals surface area (Å²) in [6.45, 7) is 6.81. The average Bonchev–Trinajstić information content (AvgIpc) is 2.85. The standard InChI is InChI=1S/C17H25BrS/c1-16(2,3)14-6-8-15(9-7-14)19-13-17(12-18)10-4-5-11-17/h6-9H,4-5,10-13H2,1-3H3. The Labute approximate surface area is 130 Å². The Morgan fingerprint density at radius 3 is 2.16 bits per heavy atom. The van der Waals surface area contributed by atoms with E-state index in [1.165, 1.54) is 41.9 Å². The summed E-state index contributed by atoms with van der Waals surface area (Å²) in [6.07, 6.45) is 5.61. The maximum absolute atomic E-state index is 3.73. The van der Waals surface area contributed by atoms with Crippen molar-refractivity contribution in [3.8, 4) is 0 Å². The van der Waals surface area contributed by atoms with Crippen molar-refractivity contribution in [1.82, 2.24) is 0 Å². The summed E-state index contributed by atoms with van der Waals surface area (Å²) < 4.78 is 0. The Hall–Kier alpha value is 0.0500. The number of rotatable bonds is 4. The predicted molar refractivity (Wildman–Crippen MR) is 90.6 cm³/mol. The zero-order valence-electron chi connectivity index (χ0n) is 12.3. The smallest absolute Gasteiger partial charge is 0.00959 e. The van der Waals surface area contributed by atoms with E-state index < -0.39 is 0 Å². The molecule has 0 aromatic heterocycles. The van der Waals surface area contributed by atoms with Crippen molar-refractivity contribution < 1.29 is 0 Å². The van der Waals surface area contributed by atoms with Crippen molar-refractivity contribution in [3.05, 3.63) is 29.8 Å². The van der Waals surface area contributed by atoms with Gasteiger partial charge in [0.05, 0.1) is 0 Å². The first-order valence-electron chi connectivity index (χ1n) is 7.25. The van der Waals surface area contributed by atoms with Crippen LogP contribution >= 0.6 is 27.7 Å². The van der Waals surface area contributed by atoms with Gasteiger partial charge in [-0.1, -0.05) is 61.7 Å². The number of benzene rings is 1. The van der Waals surface area contributed by atoms with Gasteiger partial charge in [-0.2, -0.15) is 0 Å². The topological polar surface area (TPSA) is 0 Å². The van der Waals surface area contributed by atoms with Gasteiger partial charge in [0.15, 0.2) is 0 Å². The molecular weight excluding hydrogens is 316 g/mol. The van der Waals surface area contributed by atoms with E-state index >= 15 is 0 Å². The second-order valence-electron chi connectivity index (χ2n) is 6.90. The van der Waals surface area contributed by atoms with Crippen LogP contribution in [-0.4, -0.2) is 11.1 Å². The quantitative estimate of drug-likeness (QED) is 0.476. The van der Waals surface area contributed by atoms with Gasteiger partial charge >= 0.3 is 0 Å². The summed E-state index contributed by atoms with van der Waals surface area (Å²) in [5.41, 5.74) is 2.23. The van der Waals surface area contributed by atoms with Crippen molar-refractivity contribution in [1.29, 1.82) is 0 Å². The molecule has 1 saturated carbocycles. The minimum Gasteiger partial charge on any atom is -0.126 e. The van der Waals surface area contributed by atoms with Crippen LogP contribution in [0.15, 0.2) is 29.2 Å². The molecule has 0 amide bonds. The summed E-state index contributed by atoms with van der Waals surface area (Å²) in [5, 5.41) is 1.16. The Kier molecular flexibility index (Phi) is 5.05. The zero-order chi connectivity index (χ0) is 13.9. The molecular formula is C17H25BrS. The van der Waals surface area contributed by atoms with E-state index in [0.717, 1.165) is 5.33 Å². The van der Waals surface area contributed by atoms with Crippen LogP contribution in [0.25, 0.3) is 0 Å². The average molecular weight is 341 g/mol. The summed E-state index contributed by atoms with van der Waals surface area (Å²) in [7, 11) is 0. The van der Waals surface area contributed by atoms with Crippen molar-refractivity contribution in [2.75, 3.05) is 11.1 Å². The molecule has 0 heterocycles. The Balaban J connectivity index is 1.96. The summed E-state index contributed by atoms with van der Waals surface area (Å²) in [4.78, 5) is 1.42. The molecule has 2 rings (SSSR count). The summed E-state index contributed by atoms with van der Waals surface area (Å²) in [6, 6.07) is 9.17. The van der Waals surface area contributed by atoms with Crippen LogP contribution in [0, 0.1) is 5.41 Å². The number of hydrogen-bond acceptors (Lipinski definition) is 1. The molecule has 19 heavy (non-hydrogen) atoms. The highest BCUT2D eigenvalue weighted by Crippen LogP contribution is 2.43. The lowest BCUT2D eigenvalue weighted by Crippen LogP contribution is -2.21. The maximum atomic E-state index is 3.73. The van der Waals surface area contributed by atoms with Gasteiger partial charge in [0.1, 0.15) is 0 Å². The van der Waals surface area contributed by atoms with Crippen molar-refractivity contribution >= 4 is 27.7 Å². The van der Waals surface area contributed by atoms with Gasteiger partial charge in [-0.3, -0.25) is 0 Å². The van der Waals surface area contributed by atoms with Crippen LogP contribution < -0.4 is 0 Å². The first kappa shape index (κ1) is 15.4. The van der Waals surface area contributed by atoms with Gasteiger partial charge < -0.3 is 0 Å². The molecule has 0 atom stereocenters. The number of alkyl halides is 1. The fourth-order valence-electron chi connectivity index (χ4n) is 2.73. The lowest BCUT2D eigenvalue weighted by Gasteiger charge is -2.26. The van der Waals surface area contributed by atoms with Crippen LogP contribution in [0.3, 0.4) is 0 Å². The summed E-state index contributed by atoms with van der Waals surface area (Å²) >= 11 is 5.76. The van der Waals surface area contributed by atoms with E-state index in [-0.39, 0.29) is 5.41 Å². The van der Waals surface area contributed by atoms with Crippen LogP contribution in [0.4, 0.5) is 0 Å². The lowest BCUT2D eigenvalue weighted by molar-refractivity contribution is 0.405.